The van der Waals surface area contributed by atoms with Gasteiger partial charge in [-0.2, -0.15) is 0 Å². The normalized spacial score (nSPS) is 9.56. The van der Waals surface area contributed by atoms with E-state index in [0.29, 0.717) is 0 Å². The monoisotopic (exact) mass is 248 g/mol. The van der Waals surface area contributed by atoms with Crippen LogP contribution in [0.5, 0.6) is 0 Å². The summed E-state index contributed by atoms with van der Waals surface area (Å²) in [6.07, 6.45) is 0. The Morgan fingerprint density at radius 3 is 2.22 bits per heavy atom. The molecule has 46 valence electrons. The fourth-order valence-electron chi connectivity index (χ4n) is 0.513. The summed E-state index contributed by atoms with van der Waals surface area (Å²) in [7, 11) is 1.74. The van der Waals surface area contributed by atoms with Gasteiger partial charge in [-0.3, -0.25) is 0 Å². The van der Waals surface area contributed by atoms with Crippen LogP contribution in [0.25, 0.3) is 0 Å². The predicted octanol–water partition coefficient (Wildman–Crippen LogP) is 1.73. The molecule has 1 aromatic carbocycles. The molecule has 0 N–H and O–H groups in total. The van der Waals surface area contributed by atoms with Gasteiger partial charge in [0.05, 0.1) is 0 Å². The van der Waals surface area contributed by atoms with E-state index in [9.17, 15) is 4.39 Å². The molecule has 0 saturated heterocycles. The quantitative estimate of drug-likeness (QED) is 0.681. The molecule has 0 heterocycles. The Balaban J connectivity index is 2.88. The van der Waals surface area contributed by atoms with Gasteiger partial charge in [0.2, 0.25) is 0 Å². The van der Waals surface area contributed by atoms with Crippen LogP contribution in [0, 0.1) is 5.82 Å². The van der Waals surface area contributed by atoms with Crippen molar-refractivity contribution in [1.82, 2.24) is 0 Å². The van der Waals surface area contributed by atoms with Crippen molar-refractivity contribution >= 4 is 30.1 Å². The zero-order chi connectivity index (χ0) is 6.69. The zero-order valence-corrected chi connectivity index (χ0v) is 8.79. The van der Waals surface area contributed by atoms with Crippen LogP contribution in [0.15, 0.2) is 29.2 Å². The Kier molecular flexibility index (Phi) is 2.85. The fourth-order valence-corrected chi connectivity index (χ4v) is 2.15. The SMILES string of the molecule is Fc1ccc([S][SnH])cc1. The van der Waals surface area contributed by atoms with E-state index >= 15 is 0 Å². The first-order valence-electron chi connectivity index (χ1n) is 2.45. The Hall–Kier alpha value is 0.299. The van der Waals surface area contributed by atoms with E-state index in [1.54, 1.807) is 21.1 Å². The first-order chi connectivity index (χ1) is 4.33. The molecule has 0 fully saturated rings. The second kappa shape index (κ2) is 3.46. The van der Waals surface area contributed by atoms with Gasteiger partial charge in [0.15, 0.2) is 0 Å². The van der Waals surface area contributed by atoms with Gasteiger partial charge in [0.25, 0.3) is 0 Å². The average Bonchev–Trinajstić information content (AvgIpc) is 1.90. The summed E-state index contributed by atoms with van der Waals surface area (Å²) in [6.45, 7) is 0. The van der Waals surface area contributed by atoms with E-state index in [1.807, 2.05) is 0 Å². The second-order valence-electron chi connectivity index (χ2n) is 1.57. The summed E-state index contributed by atoms with van der Waals surface area (Å²) in [4.78, 5) is 1.15. The molecule has 1 rings (SSSR count). The van der Waals surface area contributed by atoms with Crippen molar-refractivity contribution in [2.45, 2.75) is 4.90 Å². The summed E-state index contributed by atoms with van der Waals surface area (Å²) in [5.41, 5.74) is 0. The minimum atomic E-state index is -0.159. The molecule has 0 aromatic heterocycles. The Labute approximate surface area is 69.4 Å². The second-order valence-corrected chi connectivity index (χ2v) is 4.30. The molecule has 0 aliphatic heterocycles. The molecular formula is C6H5FSSn. The molecule has 0 unspecified atom stereocenters. The van der Waals surface area contributed by atoms with Gasteiger partial charge in [-0.15, -0.1) is 0 Å². The van der Waals surface area contributed by atoms with Crippen LogP contribution in [0.4, 0.5) is 4.39 Å². The standard InChI is InChI=1S/C6H5FS.Sn.H/c7-5-1-3-6(8)4-2-5;;/h1-4,8H;;/q;+1;/p-1. The van der Waals surface area contributed by atoms with E-state index in [-0.39, 0.29) is 5.82 Å². The van der Waals surface area contributed by atoms with Crippen LogP contribution in [-0.2, 0) is 0 Å². The first kappa shape index (κ1) is 7.41. The fraction of sp³-hybridized carbons (Fsp3) is 0. The predicted molar refractivity (Wildman–Crippen MR) is 39.4 cm³/mol. The summed E-state index contributed by atoms with van der Waals surface area (Å²) in [6, 6.07) is 6.56. The van der Waals surface area contributed by atoms with E-state index in [4.69, 9.17) is 0 Å². The van der Waals surface area contributed by atoms with Crippen molar-refractivity contribution < 1.29 is 4.39 Å². The van der Waals surface area contributed by atoms with Gasteiger partial charge in [0, 0.05) is 0 Å². The van der Waals surface area contributed by atoms with Crippen molar-refractivity contribution in [3.8, 4) is 0 Å². The first-order valence-corrected chi connectivity index (χ1v) is 7.37. The maximum absolute atomic E-state index is 12.2. The molecule has 1 aromatic rings. The van der Waals surface area contributed by atoms with Crippen molar-refractivity contribution in [1.29, 1.82) is 0 Å². The number of rotatable bonds is 1. The van der Waals surface area contributed by atoms with Gasteiger partial charge in [0.1, 0.15) is 0 Å². The third-order valence-corrected chi connectivity index (χ3v) is 3.82. The Morgan fingerprint density at radius 1 is 1.22 bits per heavy atom. The van der Waals surface area contributed by atoms with E-state index in [0.717, 1.165) is 26.0 Å². The molecule has 0 nitrogen and oxygen atoms in total. The summed E-state index contributed by atoms with van der Waals surface area (Å²) in [5, 5.41) is 0. The minimum absolute atomic E-state index is 0.159. The number of hydrogen-bond donors (Lipinski definition) is 0. The van der Waals surface area contributed by atoms with Crippen molar-refractivity contribution in [2.24, 2.45) is 0 Å². The number of hydrogen-bond acceptors (Lipinski definition) is 1. The molecule has 3 heteroatoms. The van der Waals surface area contributed by atoms with Crippen LogP contribution in [0.2, 0.25) is 0 Å². The molecule has 0 aliphatic carbocycles. The molecule has 0 aliphatic rings. The number of benzene rings is 1. The summed E-state index contributed by atoms with van der Waals surface area (Å²) >= 11 is 1.13. The average molecular weight is 247 g/mol. The molecule has 0 amide bonds. The number of halogens is 1. The summed E-state index contributed by atoms with van der Waals surface area (Å²) in [5.74, 6) is -0.159. The van der Waals surface area contributed by atoms with Crippen LogP contribution in [0.3, 0.4) is 0 Å². The molecule has 0 saturated carbocycles. The van der Waals surface area contributed by atoms with E-state index in [2.05, 4.69) is 0 Å². The Morgan fingerprint density at radius 2 is 1.78 bits per heavy atom. The molecule has 0 bridgehead atoms. The van der Waals surface area contributed by atoms with Crippen LogP contribution >= 0.6 is 8.95 Å². The van der Waals surface area contributed by atoms with E-state index < -0.39 is 0 Å². The summed E-state index contributed by atoms with van der Waals surface area (Å²) < 4.78 is 12.2. The van der Waals surface area contributed by atoms with Crippen molar-refractivity contribution in [3.05, 3.63) is 30.1 Å². The molecule has 9 heavy (non-hydrogen) atoms. The maximum atomic E-state index is 12.2. The van der Waals surface area contributed by atoms with Gasteiger partial charge in [-0.05, 0) is 0 Å². The van der Waals surface area contributed by atoms with Crippen LogP contribution in [0.1, 0.15) is 0 Å². The van der Waals surface area contributed by atoms with Gasteiger partial charge in [-0.1, -0.05) is 0 Å². The van der Waals surface area contributed by atoms with Crippen molar-refractivity contribution in [2.75, 3.05) is 0 Å². The molecule has 2 radical (unpaired) electrons. The van der Waals surface area contributed by atoms with Crippen LogP contribution < -0.4 is 0 Å². The van der Waals surface area contributed by atoms with E-state index in [1.165, 1.54) is 12.1 Å². The zero-order valence-electron chi connectivity index (χ0n) is 4.67. The van der Waals surface area contributed by atoms with Gasteiger partial charge in [-0.25, -0.2) is 0 Å². The molecular weight excluding hydrogens is 242 g/mol. The van der Waals surface area contributed by atoms with Crippen LogP contribution in [-0.4, -0.2) is 21.1 Å². The van der Waals surface area contributed by atoms with Gasteiger partial charge >= 0.3 is 69.5 Å². The third kappa shape index (κ3) is 2.18. The van der Waals surface area contributed by atoms with Crippen molar-refractivity contribution in [3.63, 3.8) is 0 Å². The Bertz CT molecular complexity index is 185. The molecule has 0 spiro atoms. The molecule has 0 atom stereocenters. The third-order valence-electron chi connectivity index (χ3n) is 0.950. The van der Waals surface area contributed by atoms with Gasteiger partial charge < -0.3 is 0 Å². The topological polar surface area (TPSA) is 0 Å².